The van der Waals surface area contributed by atoms with Crippen LogP contribution in [0, 0.1) is 11.3 Å². The molecular formula is C13H24O4. The van der Waals surface area contributed by atoms with Crippen LogP contribution in [0.5, 0.6) is 0 Å². The van der Waals surface area contributed by atoms with Gasteiger partial charge in [-0.3, -0.25) is 0 Å². The molecule has 0 aromatic rings. The van der Waals surface area contributed by atoms with Gasteiger partial charge in [0.2, 0.25) is 0 Å². The fourth-order valence-corrected chi connectivity index (χ4v) is 0.998. The fraction of sp³-hybridized carbons (Fsp3) is 0.769. The minimum Gasteiger partial charge on any atom is -0.460 e. The smallest absolute Gasteiger partial charge is 0.333 e. The van der Waals surface area contributed by atoms with E-state index in [4.69, 9.17) is 9.47 Å². The molecule has 2 atom stereocenters. The van der Waals surface area contributed by atoms with Gasteiger partial charge in [0.25, 0.3) is 0 Å². The topological polar surface area (TPSA) is 55.8 Å². The highest BCUT2D eigenvalue weighted by molar-refractivity contribution is 5.86. The lowest BCUT2D eigenvalue weighted by molar-refractivity contribution is -0.165. The molecule has 0 aliphatic heterocycles. The van der Waals surface area contributed by atoms with E-state index in [1.54, 1.807) is 6.92 Å². The lowest BCUT2D eigenvalue weighted by atomic mass is 9.82. The van der Waals surface area contributed by atoms with Crippen molar-refractivity contribution in [3.63, 3.8) is 0 Å². The number of rotatable bonds is 6. The molecule has 0 rings (SSSR count). The second-order valence-corrected chi connectivity index (χ2v) is 5.33. The quantitative estimate of drug-likeness (QED) is 0.336. The van der Waals surface area contributed by atoms with Gasteiger partial charge in [-0.25, -0.2) is 4.79 Å². The van der Waals surface area contributed by atoms with Crippen LogP contribution in [0.1, 0.15) is 34.6 Å². The van der Waals surface area contributed by atoms with E-state index in [-0.39, 0.29) is 24.5 Å². The van der Waals surface area contributed by atoms with Crippen LogP contribution in [0.25, 0.3) is 0 Å². The average molecular weight is 244 g/mol. The van der Waals surface area contributed by atoms with E-state index in [9.17, 15) is 9.90 Å². The molecule has 2 unspecified atom stereocenters. The van der Waals surface area contributed by atoms with Crippen molar-refractivity contribution in [2.24, 2.45) is 11.3 Å². The Morgan fingerprint density at radius 3 is 2.29 bits per heavy atom. The molecule has 0 amide bonds. The van der Waals surface area contributed by atoms with E-state index in [1.807, 2.05) is 27.7 Å². The zero-order chi connectivity index (χ0) is 13.6. The number of esters is 1. The number of hydrogen-bond acceptors (Lipinski definition) is 4. The standard InChI is InChI=1S/C13H24O4/c1-9(2)11(14)16-7-8-17-12(15)10(3)13(4,5)6/h10,12,15H,1,7-8H2,2-6H3. The molecule has 0 aromatic heterocycles. The molecule has 0 aromatic carbocycles. The summed E-state index contributed by atoms with van der Waals surface area (Å²) in [6, 6.07) is 0. The van der Waals surface area contributed by atoms with Crippen LogP contribution < -0.4 is 0 Å². The summed E-state index contributed by atoms with van der Waals surface area (Å²) in [6.07, 6.45) is -0.849. The number of hydrogen-bond donors (Lipinski definition) is 1. The molecule has 0 radical (unpaired) electrons. The molecule has 0 aliphatic carbocycles. The third-order valence-corrected chi connectivity index (χ3v) is 2.75. The second-order valence-electron chi connectivity index (χ2n) is 5.33. The van der Waals surface area contributed by atoms with Crippen molar-refractivity contribution < 1.29 is 19.4 Å². The highest BCUT2D eigenvalue weighted by Crippen LogP contribution is 2.28. The van der Waals surface area contributed by atoms with Gasteiger partial charge in [0.05, 0.1) is 6.61 Å². The molecule has 0 aliphatic rings. The van der Waals surface area contributed by atoms with Crippen LogP contribution >= 0.6 is 0 Å². The first kappa shape index (κ1) is 16.1. The van der Waals surface area contributed by atoms with Gasteiger partial charge in [-0.05, 0) is 12.3 Å². The minimum atomic E-state index is -0.849. The van der Waals surface area contributed by atoms with Crippen LogP contribution in [-0.2, 0) is 14.3 Å². The molecule has 0 bridgehead atoms. The van der Waals surface area contributed by atoms with E-state index in [2.05, 4.69) is 6.58 Å². The summed E-state index contributed by atoms with van der Waals surface area (Å²) in [5.41, 5.74) is 0.321. The maximum Gasteiger partial charge on any atom is 0.333 e. The Hall–Kier alpha value is -0.870. The molecule has 0 spiro atoms. The lowest BCUT2D eigenvalue weighted by Gasteiger charge is -2.31. The number of aliphatic hydroxyl groups excluding tert-OH is 1. The van der Waals surface area contributed by atoms with Gasteiger partial charge in [-0.1, -0.05) is 34.3 Å². The van der Waals surface area contributed by atoms with Crippen LogP contribution in [-0.4, -0.2) is 30.6 Å². The van der Waals surface area contributed by atoms with Crippen LogP contribution in [0.3, 0.4) is 0 Å². The maximum absolute atomic E-state index is 11.0. The summed E-state index contributed by atoms with van der Waals surface area (Å²) in [4.78, 5) is 11.0. The third-order valence-electron chi connectivity index (χ3n) is 2.75. The molecule has 0 saturated heterocycles. The zero-order valence-corrected chi connectivity index (χ0v) is 11.4. The molecule has 0 heterocycles. The van der Waals surface area contributed by atoms with Gasteiger partial charge in [-0.2, -0.15) is 0 Å². The summed E-state index contributed by atoms with van der Waals surface area (Å²) in [5.74, 6) is -0.439. The van der Waals surface area contributed by atoms with Crippen LogP contribution in [0.4, 0.5) is 0 Å². The first-order chi connectivity index (χ1) is 7.66. The van der Waals surface area contributed by atoms with Crippen molar-refractivity contribution in [1.29, 1.82) is 0 Å². The van der Waals surface area contributed by atoms with Crippen molar-refractivity contribution >= 4 is 5.97 Å². The monoisotopic (exact) mass is 244 g/mol. The summed E-state index contributed by atoms with van der Waals surface area (Å²) >= 11 is 0. The normalized spacial score (nSPS) is 15.2. The average Bonchev–Trinajstić information content (AvgIpc) is 2.20. The molecule has 0 saturated carbocycles. The van der Waals surface area contributed by atoms with E-state index >= 15 is 0 Å². The first-order valence-electron chi connectivity index (χ1n) is 5.78. The zero-order valence-electron chi connectivity index (χ0n) is 11.4. The van der Waals surface area contributed by atoms with Gasteiger partial charge in [0.15, 0.2) is 6.29 Å². The van der Waals surface area contributed by atoms with Crippen molar-refractivity contribution in [2.45, 2.75) is 40.9 Å². The lowest BCUT2D eigenvalue weighted by Crippen LogP contribution is -2.32. The predicted molar refractivity (Wildman–Crippen MR) is 66.4 cm³/mol. The number of carbonyl (C=O) groups is 1. The van der Waals surface area contributed by atoms with Crippen molar-refractivity contribution in [2.75, 3.05) is 13.2 Å². The van der Waals surface area contributed by atoms with Gasteiger partial charge in [0.1, 0.15) is 6.61 Å². The largest absolute Gasteiger partial charge is 0.460 e. The van der Waals surface area contributed by atoms with E-state index in [0.29, 0.717) is 5.57 Å². The summed E-state index contributed by atoms with van der Waals surface area (Å²) in [7, 11) is 0. The highest BCUT2D eigenvalue weighted by atomic mass is 16.6. The van der Waals surface area contributed by atoms with Crippen LogP contribution in [0.2, 0.25) is 0 Å². The SMILES string of the molecule is C=C(C)C(=O)OCCOC(O)C(C)C(C)(C)C. The minimum absolute atomic E-state index is 0.000609. The molecule has 17 heavy (non-hydrogen) atoms. The number of aliphatic hydroxyl groups is 1. The van der Waals surface area contributed by atoms with Crippen molar-refractivity contribution in [1.82, 2.24) is 0 Å². The Labute approximate surface area is 104 Å². The van der Waals surface area contributed by atoms with Gasteiger partial charge >= 0.3 is 5.97 Å². The first-order valence-corrected chi connectivity index (χ1v) is 5.78. The van der Waals surface area contributed by atoms with E-state index in [0.717, 1.165) is 0 Å². The number of carbonyl (C=O) groups excluding carboxylic acids is 1. The maximum atomic E-state index is 11.0. The van der Waals surface area contributed by atoms with Gasteiger partial charge < -0.3 is 14.6 Å². The highest BCUT2D eigenvalue weighted by Gasteiger charge is 2.27. The Bertz CT molecular complexity index is 265. The van der Waals surface area contributed by atoms with Gasteiger partial charge in [-0.15, -0.1) is 0 Å². The molecule has 0 fully saturated rings. The Morgan fingerprint density at radius 2 is 1.88 bits per heavy atom. The molecule has 1 N–H and O–H groups in total. The Balaban J connectivity index is 3.83. The summed E-state index contributed by atoms with van der Waals surface area (Å²) in [6.45, 7) is 13.4. The summed E-state index contributed by atoms with van der Waals surface area (Å²) < 4.78 is 10.1. The Kier molecular flexibility index (Phi) is 6.42. The Morgan fingerprint density at radius 1 is 1.35 bits per heavy atom. The third kappa shape index (κ3) is 6.44. The van der Waals surface area contributed by atoms with E-state index in [1.165, 1.54) is 0 Å². The molecule has 100 valence electrons. The predicted octanol–water partition coefficient (Wildman–Crippen LogP) is 2.12. The van der Waals surface area contributed by atoms with Gasteiger partial charge in [0, 0.05) is 11.5 Å². The fourth-order valence-electron chi connectivity index (χ4n) is 0.998. The van der Waals surface area contributed by atoms with Crippen molar-refractivity contribution in [3.8, 4) is 0 Å². The second kappa shape index (κ2) is 6.77. The van der Waals surface area contributed by atoms with E-state index < -0.39 is 12.3 Å². The molecular weight excluding hydrogens is 220 g/mol. The number of ether oxygens (including phenoxy) is 2. The van der Waals surface area contributed by atoms with Crippen molar-refractivity contribution in [3.05, 3.63) is 12.2 Å². The molecule has 4 nitrogen and oxygen atoms in total. The molecule has 4 heteroatoms. The summed E-state index contributed by atoms with van der Waals surface area (Å²) in [5, 5.41) is 9.75. The van der Waals surface area contributed by atoms with Crippen LogP contribution in [0.15, 0.2) is 12.2 Å².